The second kappa shape index (κ2) is 6.58. The van der Waals surface area contributed by atoms with Crippen LogP contribution in [0.4, 0.5) is 0 Å². The van der Waals surface area contributed by atoms with E-state index < -0.39 is 17.0 Å². The van der Waals surface area contributed by atoms with Gasteiger partial charge in [-0.3, -0.25) is 4.98 Å². The van der Waals surface area contributed by atoms with E-state index in [1.807, 2.05) is 43.3 Å². The molecule has 0 amide bonds. The Kier molecular flexibility index (Phi) is 5.06. The number of nitrogens with zero attached hydrogens (tertiary/aromatic N) is 1. The van der Waals surface area contributed by atoms with Crippen molar-refractivity contribution in [2.24, 2.45) is 0 Å². The SMILES string of the molecule is Cc1ccc2ccc3cccc(O)c3c2n1.[Cl][Ti][Cl]. The first-order valence-corrected chi connectivity index (χ1v) is 9.91. The summed E-state index contributed by atoms with van der Waals surface area (Å²) in [5.74, 6) is 0.293. The number of hydrogen-bond donors (Lipinski definition) is 1. The molecule has 0 aliphatic carbocycles. The molecule has 0 radical (unpaired) electrons. The van der Waals surface area contributed by atoms with Crippen LogP contribution in [0.5, 0.6) is 5.75 Å². The predicted octanol–water partition coefficient (Wildman–Crippen LogP) is 4.78. The topological polar surface area (TPSA) is 33.1 Å². The molecule has 0 fully saturated rings. The molecular weight excluding hydrogens is 317 g/mol. The summed E-state index contributed by atoms with van der Waals surface area (Å²) in [6.45, 7) is 1.96. The average molecular weight is 328 g/mol. The van der Waals surface area contributed by atoms with Gasteiger partial charge in [0.1, 0.15) is 5.75 Å². The van der Waals surface area contributed by atoms with Crippen LogP contribution in [-0.4, -0.2) is 10.1 Å². The van der Waals surface area contributed by atoms with Crippen molar-refractivity contribution in [3.05, 3.63) is 48.2 Å². The summed E-state index contributed by atoms with van der Waals surface area (Å²) >= 11 is -0.556. The predicted molar refractivity (Wildman–Crippen MR) is 77.4 cm³/mol. The fourth-order valence-corrected chi connectivity index (χ4v) is 2.04. The van der Waals surface area contributed by atoms with Crippen LogP contribution >= 0.6 is 18.6 Å². The molecule has 2 nitrogen and oxygen atoms in total. The first kappa shape index (κ1) is 14.6. The third kappa shape index (κ3) is 3.21. The molecule has 1 heterocycles. The Morgan fingerprint density at radius 1 is 1.00 bits per heavy atom. The van der Waals surface area contributed by atoms with Crippen LogP contribution in [0.2, 0.25) is 0 Å². The van der Waals surface area contributed by atoms with E-state index >= 15 is 0 Å². The second-order valence-corrected chi connectivity index (χ2v) is 6.62. The van der Waals surface area contributed by atoms with E-state index in [2.05, 4.69) is 4.98 Å². The third-order valence-electron chi connectivity index (χ3n) is 2.82. The summed E-state index contributed by atoms with van der Waals surface area (Å²) in [6.07, 6.45) is 0. The maximum atomic E-state index is 9.92. The van der Waals surface area contributed by atoms with Crippen LogP contribution in [0.3, 0.4) is 0 Å². The van der Waals surface area contributed by atoms with E-state index in [1.54, 1.807) is 6.07 Å². The number of hydrogen-bond acceptors (Lipinski definition) is 2. The fourth-order valence-electron chi connectivity index (χ4n) is 2.04. The normalized spacial score (nSPS) is 10.1. The van der Waals surface area contributed by atoms with Gasteiger partial charge in [-0.05, 0) is 24.4 Å². The van der Waals surface area contributed by atoms with Crippen LogP contribution in [-0.2, 0) is 17.0 Å². The Balaban J connectivity index is 0.000000408. The molecule has 0 unspecified atom stereocenters. The van der Waals surface area contributed by atoms with E-state index in [0.717, 1.165) is 27.4 Å². The number of phenolic OH excluding ortho intramolecular Hbond substituents is 1. The number of benzene rings is 2. The molecule has 0 spiro atoms. The molecule has 0 aliphatic rings. The number of rotatable bonds is 0. The summed E-state index contributed by atoms with van der Waals surface area (Å²) in [5.41, 5.74) is 1.83. The van der Waals surface area contributed by atoms with E-state index in [4.69, 9.17) is 18.6 Å². The number of halogens is 2. The van der Waals surface area contributed by atoms with Gasteiger partial charge >= 0.3 is 35.6 Å². The summed E-state index contributed by atoms with van der Waals surface area (Å²) in [7, 11) is 9.78. The van der Waals surface area contributed by atoms with Crippen molar-refractivity contribution >= 4 is 40.3 Å². The fraction of sp³-hybridized carbons (Fsp3) is 0.0714. The van der Waals surface area contributed by atoms with E-state index in [9.17, 15) is 5.11 Å². The van der Waals surface area contributed by atoms with Crippen molar-refractivity contribution in [3.63, 3.8) is 0 Å². The molecule has 3 aromatic rings. The van der Waals surface area contributed by atoms with Gasteiger partial charge in [-0.25, -0.2) is 0 Å². The first-order chi connectivity index (χ1) is 9.17. The number of aromatic nitrogens is 1. The summed E-state index contributed by atoms with van der Waals surface area (Å²) in [4.78, 5) is 4.50. The van der Waals surface area contributed by atoms with Crippen molar-refractivity contribution in [1.82, 2.24) is 4.98 Å². The average Bonchev–Trinajstić information content (AvgIpc) is 2.39. The van der Waals surface area contributed by atoms with Crippen molar-refractivity contribution in [3.8, 4) is 5.75 Å². The zero-order valence-electron chi connectivity index (χ0n) is 10.2. The van der Waals surface area contributed by atoms with Crippen molar-refractivity contribution in [2.45, 2.75) is 6.92 Å². The van der Waals surface area contributed by atoms with Gasteiger partial charge in [-0.2, -0.15) is 0 Å². The molecule has 0 saturated carbocycles. The molecule has 0 atom stereocenters. The van der Waals surface area contributed by atoms with Crippen LogP contribution < -0.4 is 0 Å². The van der Waals surface area contributed by atoms with Gasteiger partial charge in [-0.1, -0.05) is 30.3 Å². The molecule has 0 bridgehead atoms. The monoisotopic (exact) mass is 327 g/mol. The van der Waals surface area contributed by atoms with Crippen LogP contribution in [0.25, 0.3) is 21.7 Å². The molecule has 1 aromatic heterocycles. The van der Waals surface area contributed by atoms with Gasteiger partial charge in [0.15, 0.2) is 0 Å². The molecule has 3 rings (SSSR count). The van der Waals surface area contributed by atoms with Gasteiger partial charge in [-0.15, -0.1) is 0 Å². The Bertz CT molecular complexity index is 718. The number of pyridine rings is 1. The molecule has 1 N–H and O–H groups in total. The molecule has 96 valence electrons. The Morgan fingerprint density at radius 2 is 1.63 bits per heavy atom. The standard InChI is InChI=1S/C14H11NO.2ClH.Ti/c1-9-5-6-11-8-7-10-3-2-4-12(16)13(10)14(11)15-9;;;/h2-8,16H,1H3;2*1H;/q;;;+2/p-2. The molecule has 0 aliphatic heterocycles. The quantitative estimate of drug-likeness (QED) is 0.476. The van der Waals surface area contributed by atoms with E-state index in [1.165, 1.54) is 0 Å². The van der Waals surface area contributed by atoms with Crippen LogP contribution in [0.15, 0.2) is 42.5 Å². The van der Waals surface area contributed by atoms with Gasteiger partial charge < -0.3 is 5.11 Å². The number of aromatic hydroxyl groups is 1. The minimum atomic E-state index is -0.556. The molecule has 0 saturated heterocycles. The van der Waals surface area contributed by atoms with Gasteiger partial charge in [0.2, 0.25) is 0 Å². The summed E-state index contributed by atoms with van der Waals surface area (Å²) in [6, 6.07) is 13.6. The summed E-state index contributed by atoms with van der Waals surface area (Å²) in [5, 5.41) is 12.8. The van der Waals surface area contributed by atoms with E-state index in [0.29, 0.717) is 5.75 Å². The Labute approximate surface area is 128 Å². The summed E-state index contributed by atoms with van der Waals surface area (Å²) < 4.78 is 0. The van der Waals surface area contributed by atoms with Gasteiger partial charge in [0.25, 0.3) is 0 Å². The third-order valence-corrected chi connectivity index (χ3v) is 2.82. The van der Waals surface area contributed by atoms with Crippen molar-refractivity contribution < 1.29 is 22.1 Å². The Hall–Kier alpha value is -0.796. The first-order valence-electron chi connectivity index (χ1n) is 5.61. The van der Waals surface area contributed by atoms with Crippen molar-refractivity contribution in [2.75, 3.05) is 0 Å². The molecule has 5 heteroatoms. The van der Waals surface area contributed by atoms with Crippen molar-refractivity contribution in [1.29, 1.82) is 0 Å². The maximum absolute atomic E-state index is 9.92. The Morgan fingerprint density at radius 3 is 2.37 bits per heavy atom. The van der Waals surface area contributed by atoms with Gasteiger partial charge in [0.05, 0.1) is 5.52 Å². The van der Waals surface area contributed by atoms with Crippen LogP contribution in [0.1, 0.15) is 5.69 Å². The number of phenols is 1. The number of fused-ring (bicyclic) bond motifs is 3. The zero-order valence-corrected chi connectivity index (χ0v) is 13.3. The minimum absolute atomic E-state index is 0.293. The number of aryl methyl sites for hydroxylation is 1. The molecule has 2 aromatic carbocycles. The van der Waals surface area contributed by atoms with E-state index in [-0.39, 0.29) is 0 Å². The van der Waals surface area contributed by atoms with Gasteiger partial charge in [0, 0.05) is 16.5 Å². The molecular formula is C14H11Cl2NOTi. The second-order valence-electron chi connectivity index (χ2n) is 4.04. The molecule has 19 heavy (non-hydrogen) atoms. The zero-order chi connectivity index (χ0) is 13.8. The van der Waals surface area contributed by atoms with Crippen LogP contribution in [0, 0.1) is 6.92 Å².